The Bertz CT molecular complexity index is 999. The van der Waals surface area contributed by atoms with Crippen LogP contribution in [0.3, 0.4) is 0 Å². The molecular formula is C18H20F2N6O. The van der Waals surface area contributed by atoms with Gasteiger partial charge < -0.3 is 4.90 Å². The zero-order chi connectivity index (χ0) is 19.2. The van der Waals surface area contributed by atoms with Crippen LogP contribution in [0.4, 0.5) is 8.78 Å². The van der Waals surface area contributed by atoms with Crippen molar-refractivity contribution in [2.24, 2.45) is 0 Å². The molecule has 3 aromatic rings. The fraction of sp³-hybridized carbons (Fsp3) is 0.444. The number of aryl methyl sites for hydroxylation is 2. The smallest absolute Gasteiger partial charge is 0.274 e. The molecule has 4 heterocycles. The molecule has 1 fully saturated rings. The highest BCUT2D eigenvalue weighted by Gasteiger charge is 2.36. The summed E-state index contributed by atoms with van der Waals surface area (Å²) in [5.41, 5.74) is 3.28. The topological polar surface area (TPSA) is 68.3 Å². The van der Waals surface area contributed by atoms with Gasteiger partial charge in [0.2, 0.25) is 0 Å². The summed E-state index contributed by atoms with van der Waals surface area (Å²) in [5, 5.41) is 8.87. The summed E-state index contributed by atoms with van der Waals surface area (Å²) in [6, 6.07) is 3.41. The molecule has 0 spiro atoms. The summed E-state index contributed by atoms with van der Waals surface area (Å²) in [5.74, 6) is -3.04. The van der Waals surface area contributed by atoms with E-state index in [2.05, 4.69) is 15.2 Å². The standard InChI is InChI=1S/C18H20F2N6O/c1-3-25-11-13(12(2)22-25)15-4-7-21-16-10-14(23-26(15)16)17(27)24-8-5-18(19,20)6-9-24/h4,7,10-11H,3,5-6,8-9H2,1-2H3. The highest BCUT2D eigenvalue weighted by molar-refractivity contribution is 5.93. The summed E-state index contributed by atoms with van der Waals surface area (Å²) >= 11 is 0. The molecule has 0 saturated carbocycles. The fourth-order valence-corrected chi connectivity index (χ4v) is 3.33. The van der Waals surface area contributed by atoms with Crippen LogP contribution in [0.1, 0.15) is 35.9 Å². The molecule has 0 aliphatic carbocycles. The van der Waals surface area contributed by atoms with E-state index in [9.17, 15) is 13.6 Å². The second kappa shape index (κ2) is 6.40. The minimum Gasteiger partial charge on any atom is -0.337 e. The lowest BCUT2D eigenvalue weighted by molar-refractivity contribution is -0.0495. The molecular weight excluding hydrogens is 354 g/mol. The normalized spacial score (nSPS) is 16.8. The Labute approximate surface area is 154 Å². The third-order valence-corrected chi connectivity index (χ3v) is 4.91. The maximum absolute atomic E-state index is 13.3. The highest BCUT2D eigenvalue weighted by Crippen LogP contribution is 2.29. The maximum atomic E-state index is 13.3. The number of halogens is 2. The van der Waals surface area contributed by atoms with Crippen molar-refractivity contribution < 1.29 is 13.6 Å². The minimum absolute atomic E-state index is 0.0301. The SMILES string of the molecule is CCn1cc(-c2ccnc3cc(C(=O)N4CCC(F)(F)CC4)nn23)c(C)n1. The molecule has 0 radical (unpaired) electrons. The van der Waals surface area contributed by atoms with Gasteiger partial charge in [0.25, 0.3) is 11.8 Å². The number of carbonyl (C=O) groups is 1. The van der Waals surface area contributed by atoms with Crippen LogP contribution >= 0.6 is 0 Å². The Hall–Kier alpha value is -2.84. The Kier molecular flexibility index (Phi) is 4.16. The van der Waals surface area contributed by atoms with Crippen LogP contribution in [-0.4, -0.2) is 54.2 Å². The first-order chi connectivity index (χ1) is 12.9. The van der Waals surface area contributed by atoms with Crippen LogP contribution < -0.4 is 0 Å². The van der Waals surface area contributed by atoms with E-state index in [1.807, 2.05) is 30.8 Å². The van der Waals surface area contributed by atoms with Gasteiger partial charge in [-0.15, -0.1) is 0 Å². The third-order valence-electron chi connectivity index (χ3n) is 4.91. The van der Waals surface area contributed by atoms with Gasteiger partial charge in [-0.3, -0.25) is 9.48 Å². The second-order valence-corrected chi connectivity index (χ2v) is 6.76. The number of aromatic nitrogens is 5. The number of fused-ring (bicyclic) bond motifs is 1. The van der Waals surface area contributed by atoms with Crippen molar-refractivity contribution in [2.45, 2.75) is 39.2 Å². The molecule has 1 aliphatic rings. The van der Waals surface area contributed by atoms with Crippen molar-refractivity contribution in [1.82, 2.24) is 29.3 Å². The number of piperidine rings is 1. The average molecular weight is 374 g/mol. The predicted molar refractivity (Wildman–Crippen MR) is 94.7 cm³/mol. The van der Waals surface area contributed by atoms with Crippen molar-refractivity contribution in [1.29, 1.82) is 0 Å². The lowest BCUT2D eigenvalue weighted by Crippen LogP contribution is -2.42. The third kappa shape index (κ3) is 3.17. The first-order valence-corrected chi connectivity index (χ1v) is 8.94. The van der Waals surface area contributed by atoms with E-state index < -0.39 is 5.92 Å². The Balaban J connectivity index is 1.69. The molecule has 4 rings (SSSR count). The molecule has 0 atom stereocenters. The molecule has 9 heteroatoms. The van der Waals surface area contributed by atoms with Crippen molar-refractivity contribution in [2.75, 3.05) is 13.1 Å². The highest BCUT2D eigenvalue weighted by atomic mass is 19.3. The van der Waals surface area contributed by atoms with E-state index in [-0.39, 0.29) is 37.5 Å². The Morgan fingerprint density at radius 3 is 2.67 bits per heavy atom. The van der Waals surface area contributed by atoms with Crippen LogP contribution in [-0.2, 0) is 6.54 Å². The first kappa shape index (κ1) is 17.6. The molecule has 0 aromatic carbocycles. The zero-order valence-electron chi connectivity index (χ0n) is 15.2. The van der Waals surface area contributed by atoms with E-state index in [1.54, 1.807) is 16.8 Å². The second-order valence-electron chi connectivity index (χ2n) is 6.76. The van der Waals surface area contributed by atoms with Gasteiger partial charge in [0, 0.05) is 56.5 Å². The largest absolute Gasteiger partial charge is 0.337 e. The number of amides is 1. The van der Waals surface area contributed by atoms with Crippen LogP contribution in [0.25, 0.3) is 16.9 Å². The number of nitrogens with zero attached hydrogens (tertiary/aromatic N) is 6. The van der Waals surface area contributed by atoms with Crippen molar-refractivity contribution in [3.05, 3.63) is 35.9 Å². The minimum atomic E-state index is -2.69. The van der Waals surface area contributed by atoms with Crippen LogP contribution in [0.2, 0.25) is 0 Å². The molecule has 0 N–H and O–H groups in total. The molecule has 0 unspecified atom stereocenters. The lowest BCUT2D eigenvalue weighted by atomic mass is 10.1. The van der Waals surface area contributed by atoms with Gasteiger partial charge in [0.05, 0.1) is 11.4 Å². The number of carbonyl (C=O) groups excluding carboxylic acids is 1. The lowest BCUT2D eigenvalue weighted by Gasteiger charge is -2.31. The van der Waals surface area contributed by atoms with Crippen LogP contribution in [0.15, 0.2) is 24.5 Å². The average Bonchev–Trinajstić information content (AvgIpc) is 3.24. The monoisotopic (exact) mass is 374 g/mol. The Morgan fingerprint density at radius 2 is 2.00 bits per heavy atom. The van der Waals surface area contributed by atoms with E-state index in [0.717, 1.165) is 23.5 Å². The van der Waals surface area contributed by atoms with Gasteiger partial charge in [-0.2, -0.15) is 10.2 Å². The molecule has 27 heavy (non-hydrogen) atoms. The maximum Gasteiger partial charge on any atom is 0.274 e. The summed E-state index contributed by atoms with van der Waals surface area (Å²) in [6.45, 7) is 4.73. The van der Waals surface area contributed by atoms with Crippen LogP contribution in [0.5, 0.6) is 0 Å². The van der Waals surface area contributed by atoms with Gasteiger partial charge >= 0.3 is 0 Å². The first-order valence-electron chi connectivity index (χ1n) is 8.94. The molecule has 1 amide bonds. The van der Waals surface area contributed by atoms with E-state index in [4.69, 9.17) is 0 Å². The van der Waals surface area contributed by atoms with Gasteiger partial charge in [0.1, 0.15) is 0 Å². The number of hydrogen-bond donors (Lipinski definition) is 0. The Morgan fingerprint density at radius 1 is 1.26 bits per heavy atom. The van der Waals surface area contributed by atoms with E-state index in [1.165, 1.54) is 4.90 Å². The van der Waals surface area contributed by atoms with Crippen molar-refractivity contribution >= 4 is 11.6 Å². The molecule has 0 bridgehead atoms. The molecule has 142 valence electrons. The van der Waals surface area contributed by atoms with Gasteiger partial charge in [-0.1, -0.05) is 0 Å². The summed E-state index contributed by atoms with van der Waals surface area (Å²) in [4.78, 5) is 18.4. The van der Waals surface area contributed by atoms with E-state index in [0.29, 0.717) is 5.65 Å². The van der Waals surface area contributed by atoms with Gasteiger partial charge in [-0.05, 0) is 19.9 Å². The van der Waals surface area contributed by atoms with E-state index >= 15 is 0 Å². The fourth-order valence-electron chi connectivity index (χ4n) is 3.33. The number of likely N-dealkylation sites (tertiary alicyclic amines) is 1. The number of alkyl halides is 2. The van der Waals surface area contributed by atoms with Crippen molar-refractivity contribution in [3.8, 4) is 11.3 Å². The van der Waals surface area contributed by atoms with Crippen molar-refractivity contribution in [3.63, 3.8) is 0 Å². The summed E-state index contributed by atoms with van der Waals surface area (Å²) in [6.07, 6.45) is 2.96. The quantitative estimate of drug-likeness (QED) is 0.707. The number of rotatable bonds is 3. The van der Waals surface area contributed by atoms with Gasteiger partial charge in [-0.25, -0.2) is 18.3 Å². The molecule has 1 saturated heterocycles. The predicted octanol–water partition coefficient (Wildman–Crippen LogP) is 2.79. The summed E-state index contributed by atoms with van der Waals surface area (Å²) < 4.78 is 30.1. The van der Waals surface area contributed by atoms with Gasteiger partial charge in [0.15, 0.2) is 11.3 Å². The molecule has 3 aromatic heterocycles. The number of hydrogen-bond acceptors (Lipinski definition) is 4. The molecule has 7 nitrogen and oxygen atoms in total. The van der Waals surface area contributed by atoms with Crippen LogP contribution in [0, 0.1) is 6.92 Å². The summed E-state index contributed by atoms with van der Waals surface area (Å²) in [7, 11) is 0. The zero-order valence-corrected chi connectivity index (χ0v) is 15.2. The molecule has 1 aliphatic heterocycles.